The molecule has 7 atom stereocenters. The van der Waals surface area contributed by atoms with Crippen molar-refractivity contribution in [3.8, 4) is 0 Å². The maximum atomic E-state index is 14.0. The van der Waals surface area contributed by atoms with Crippen molar-refractivity contribution in [2.45, 2.75) is 79.1 Å². The maximum Gasteiger partial charge on any atom is 0.334 e. The second-order valence-electron chi connectivity index (χ2n) is 10.1. The second-order valence-corrected chi connectivity index (χ2v) is 10.1. The van der Waals surface area contributed by atoms with Gasteiger partial charge in [-0.05, 0) is 62.0 Å². The van der Waals surface area contributed by atoms with E-state index in [-0.39, 0.29) is 22.7 Å². The predicted molar refractivity (Wildman–Crippen MR) is 121 cm³/mol. The fraction of sp³-hybridized carbons (Fsp3) is 0.692. The van der Waals surface area contributed by atoms with E-state index in [0.717, 1.165) is 6.42 Å². The van der Waals surface area contributed by atoms with Crippen LogP contribution in [0.25, 0.3) is 0 Å². The molecule has 32 heavy (non-hydrogen) atoms. The standard InChI is InChI=1S/C24H32O6.C2H6/c1-6-12(2)21(28)30-20-13(3)10-23-8-7-16-17(22(16,4)5)15(19(23)27)9-14(11-25)18(26)24(20,23)29;1-2/h6,9-10,15-18,20,25-26,29H,7-8,11H2,1-5H3;1-2H3/b12-6-;/t15?,16?,17?,18?,20-,23?,24?;/m0./s1. The number of hydrogen-bond acceptors (Lipinski definition) is 6. The summed E-state index contributed by atoms with van der Waals surface area (Å²) in [5.41, 5.74) is -2.27. The van der Waals surface area contributed by atoms with Crippen LogP contribution in [0.3, 0.4) is 0 Å². The highest BCUT2D eigenvalue weighted by Crippen LogP contribution is 2.70. The lowest BCUT2D eigenvalue weighted by Crippen LogP contribution is -2.63. The first kappa shape index (κ1) is 24.9. The Hall–Kier alpha value is -1.76. The van der Waals surface area contributed by atoms with E-state index in [4.69, 9.17) is 4.74 Å². The highest BCUT2D eigenvalue weighted by molar-refractivity contribution is 5.95. The molecule has 0 aromatic carbocycles. The number of aliphatic hydroxyl groups is 3. The molecule has 3 N–H and O–H groups in total. The Balaban J connectivity index is 0.00000141. The van der Waals surface area contributed by atoms with Gasteiger partial charge in [-0.2, -0.15) is 0 Å². The van der Waals surface area contributed by atoms with Gasteiger partial charge in [-0.25, -0.2) is 4.79 Å². The molecule has 2 saturated carbocycles. The van der Waals surface area contributed by atoms with Crippen LogP contribution in [-0.4, -0.2) is 51.5 Å². The number of Topliss-reactive ketones (excluding diaryl/α,β-unsaturated/α-hetero) is 1. The van der Waals surface area contributed by atoms with Gasteiger partial charge in [-0.15, -0.1) is 0 Å². The number of aliphatic hydroxyl groups excluding tert-OH is 2. The van der Waals surface area contributed by atoms with E-state index in [1.807, 2.05) is 13.8 Å². The number of hydrogen-bond donors (Lipinski definition) is 3. The van der Waals surface area contributed by atoms with Crippen molar-refractivity contribution >= 4 is 11.8 Å². The minimum absolute atomic E-state index is 0.00132. The minimum atomic E-state index is -2.05. The number of ether oxygens (including phenoxy) is 1. The number of carbonyl (C=O) groups is 2. The number of fused-ring (bicyclic) bond motifs is 3. The molecule has 0 radical (unpaired) electrons. The molecular formula is C26H38O6. The number of rotatable bonds is 3. The third-order valence-electron chi connectivity index (χ3n) is 8.44. The van der Waals surface area contributed by atoms with Gasteiger partial charge in [-0.3, -0.25) is 4.79 Å². The molecule has 2 bridgehead atoms. The Morgan fingerprint density at radius 3 is 2.50 bits per heavy atom. The van der Waals surface area contributed by atoms with Gasteiger partial charge in [0.1, 0.15) is 6.10 Å². The van der Waals surface area contributed by atoms with Crippen LogP contribution in [0.1, 0.15) is 61.3 Å². The summed E-state index contributed by atoms with van der Waals surface area (Å²) in [5, 5.41) is 33.3. The van der Waals surface area contributed by atoms with Gasteiger partial charge in [-0.1, -0.05) is 45.9 Å². The third-order valence-corrected chi connectivity index (χ3v) is 8.44. The van der Waals surface area contributed by atoms with Crippen LogP contribution >= 0.6 is 0 Å². The van der Waals surface area contributed by atoms with Crippen LogP contribution in [0, 0.1) is 28.6 Å². The van der Waals surface area contributed by atoms with Crippen molar-refractivity contribution in [2.75, 3.05) is 6.61 Å². The summed E-state index contributed by atoms with van der Waals surface area (Å²) < 4.78 is 5.68. The molecule has 6 nitrogen and oxygen atoms in total. The Kier molecular flexibility index (Phi) is 6.39. The molecule has 2 fully saturated rings. The second kappa shape index (κ2) is 8.23. The summed E-state index contributed by atoms with van der Waals surface area (Å²) in [6, 6.07) is 0. The number of ketones is 1. The Labute approximate surface area is 191 Å². The Bertz CT molecular complexity index is 896. The SMILES string of the molecule is C/C=C(/C)C(=O)O[C@H]1C(C)=CC23CCC4C(C(C=C(CO)C(O)C12O)C3=O)C4(C)C.CC. The van der Waals surface area contributed by atoms with E-state index in [0.29, 0.717) is 23.5 Å². The van der Waals surface area contributed by atoms with E-state index in [9.17, 15) is 24.9 Å². The zero-order chi connectivity index (χ0) is 24.2. The first-order chi connectivity index (χ1) is 15.0. The van der Waals surface area contributed by atoms with E-state index >= 15 is 0 Å². The lowest BCUT2D eigenvalue weighted by atomic mass is 9.63. The van der Waals surface area contributed by atoms with E-state index in [2.05, 4.69) is 13.8 Å². The Morgan fingerprint density at radius 1 is 1.31 bits per heavy atom. The number of allylic oxidation sites excluding steroid dienone is 2. The van der Waals surface area contributed by atoms with Crippen molar-refractivity contribution in [1.82, 2.24) is 0 Å². The molecule has 1 spiro atoms. The van der Waals surface area contributed by atoms with Crippen LogP contribution in [0.5, 0.6) is 0 Å². The van der Waals surface area contributed by atoms with Crippen molar-refractivity contribution in [1.29, 1.82) is 0 Å². The number of carbonyl (C=O) groups excluding carboxylic acids is 2. The molecule has 0 saturated heterocycles. The molecule has 4 aliphatic rings. The highest BCUT2D eigenvalue weighted by atomic mass is 16.6. The molecule has 6 heteroatoms. The van der Waals surface area contributed by atoms with Crippen LogP contribution in [0.15, 0.2) is 34.9 Å². The van der Waals surface area contributed by atoms with Crippen LogP contribution < -0.4 is 0 Å². The summed E-state index contributed by atoms with van der Waals surface area (Å²) in [4.78, 5) is 26.5. The fourth-order valence-corrected chi connectivity index (χ4v) is 6.53. The largest absolute Gasteiger partial charge is 0.451 e. The third kappa shape index (κ3) is 3.10. The van der Waals surface area contributed by atoms with Crippen LogP contribution in [0.4, 0.5) is 0 Å². The monoisotopic (exact) mass is 446 g/mol. The van der Waals surface area contributed by atoms with Gasteiger partial charge in [0.05, 0.1) is 12.0 Å². The summed E-state index contributed by atoms with van der Waals surface area (Å²) in [6.45, 7) is 12.9. The minimum Gasteiger partial charge on any atom is -0.451 e. The van der Waals surface area contributed by atoms with Gasteiger partial charge >= 0.3 is 5.97 Å². The fourth-order valence-electron chi connectivity index (χ4n) is 6.53. The normalized spacial score (nSPS) is 41.6. The molecule has 0 amide bonds. The van der Waals surface area contributed by atoms with Crippen LogP contribution in [0.2, 0.25) is 0 Å². The molecule has 4 rings (SSSR count). The molecule has 178 valence electrons. The molecule has 6 unspecified atom stereocenters. The highest BCUT2D eigenvalue weighted by Gasteiger charge is 2.74. The summed E-state index contributed by atoms with van der Waals surface area (Å²) in [6.07, 6.45) is 3.43. The van der Waals surface area contributed by atoms with Crippen molar-refractivity contribution in [3.05, 3.63) is 34.9 Å². The Morgan fingerprint density at radius 2 is 1.94 bits per heavy atom. The molecule has 0 aromatic rings. The molecule has 0 aliphatic heterocycles. The first-order valence-corrected chi connectivity index (χ1v) is 11.8. The number of esters is 1. The van der Waals surface area contributed by atoms with E-state index in [1.54, 1.807) is 39.0 Å². The zero-order valence-corrected chi connectivity index (χ0v) is 20.3. The summed E-state index contributed by atoms with van der Waals surface area (Å²) in [5.74, 6) is -0.795. The lowest BCUT2D eigenvalue weighted by molar-refractivity contribution is -0.194. The van der Waals surface area contributed by atoms with E-state index < -0.39 is 41.7 Å². The van der Waals surface area contributed by atoms with Crippen molar-refractivity contribution < 1.29 is 29.6 Å². The zero-order valence-electron chi connectivity index (χ0n) is 20.3. The van der Waals surface area contributed by atoms with Gasteiger partial charge in [0.25, 0.3) is 0 Å². The van der Waals surface area contributed by atoms with E-state index in [1.165, 1.54) is 0 Å². The summed E-state index contributed by atoms with van der Waals surface area (Å²) >= 11 is 0. The smallest absolute Gasteiger partial charge is 0.334 e. The molecule has 0 aromatic heterocycles. The molecule has 0 heterocycles. The topological polar surface area (TPSA) is 104 Å². The average molecular weight is 447 g/mol. The lowest BCUT2D eigenvalue weighted by Gasteiger charge is -2.46. The predicted octanol–water partition coefficient (Wildman–Crippen LogP) is 3.11. The summed E-state index contributed by atoms with van der Waals surface area (Å²) in [7, 11) is 0. The first-order valence-electron chi connectivity index (χ1n) is 11.8. The quantitative estimate of drug-likeness (QED) is 0.350. The van der Waals surface area contributed by atoms with Gasteiger partial charge < -0.3 is 20.1 Å². The van der Waals surface area contributed by atoms with Crippen LogP contribution in [-0.2, 0) is 14.3 Å². The van der Waals surface area contributed by atoms with Gasteiger partial charge in [0, 0.05) is 11.5 Å². The van der Waals surface area contributed by atoms with Crippen molar-refractivity contribution in [3.63, 3.8) is 0 Å². The molecular weight excluding hydrogens is 408 g/mol. The molecule has 4 aliphatic carbocycles. The average Bonchev–Trinajstić information content (AvgIpc) is 3.30. The van der Waals surface area contributed by atoms with Crippen molar-refractivity contribution in [2.24, 2.45) is 28.6 Å². The van der Waals surface area contributed by atoms with Gasteiger partial charge in [0.15, 0.2) is 17.5 Å². The maximum absolute atomic E-state index is 14.0. The van der Waals surface area contributed by atoms with Gasteiger partial charge in [0.2, 0.25) is 0 Å².